The number of hydrogen-bond acceptors (Lipinski definition) is 2. The second-order valence-corrected chi connectivity index (χ2v) is 12.8. The Kier molecular flexibility index (Phi) is 7.51. The van der Waals surface area contributed by atoms with E-state index in [1.165, 1.54) is 11.1 Å². The third-order valence-corrected chi connectivity index (χ3v) is 9.73. The molecule has 0 radical (unpaired) electrons. The largest absolute Gasteiger partial charge is 0.455 e. The molecule has 0 saturated heterocycles. The number of aromatic nitrogens is 1. The van der Waals surface area contributed by atoms with Crippen LogP contribution in [0.1, 0.15) is 30.5 Å². The molecule has 0 spiro atoms. The summed E-state index contributed by atoms with van der Waals surface area (Å²) < 4.78 is 9.28. The van der Waals surface area contributed by atoms with Gasteiger partial charge in [0.25, 0.3) is 0 Å². The second kappa shape index (κ2) is 12.6. The molecule has 0 N–H and O–H groups in total. The van der Waals surface area contributed by atoms with E-state index in [1.807, 2.05) is 6.07 Å². The van der Waals surface area contributed by atoms with Gasteiger partial charge in [-0.25, -0.2) is 0 Å². The summed E-state index contributed by atoms with van der Waals surface area (Å²) in [6.45, 7) is 4.68. The van der Waals surface area contributed by atoms with Crippen LogP contribution in [-0.4, -0.2) is 4.57 Å². The molecule has 50 heavy (non-hydrogen) atoms. The molecule has 3 heteroatoms. The van der Waals surface area contributed by atoms with Crippen LogP contribution in [0.3, 0.4) is 0 Å². The van der Waals surface area contributed by atoms with Crippen LogP contribution >= 0.6 is 0 Å². The molecule has 0 bridgehead atoms. The van der Waals surface area contributed by atoms with Gasteiger partial charge in [0.15, 0.2) is 0 Å². The van der Waals surface area contributed by atoms with Crippen LogP contribution in [0, 0.1) is 0 Å². The maximum absolute atomic E-state index is 6.86. The van der Waals surface area contributed by atoms with Crippen molar-refractivity contribution in [2.45, 2.75) is 19.3 Å². The predicted molar refractivity (Wildman–Crippen MR) is 212 cm³/mol. The first kappa shape index (κ1) is 29.8. The summed E-state index contributed by atoms with van der Waals surface area (Å²) in [5, 5.41) is 3.24. The van der Waals surface area contributed by atoms with Crippen LogP contribution in [0.2, 0.25) is 0 Å². The van der Waals surface area contributed by atoms with E-state index in [0.29, 0.717) is 0 Å². The van der Waals surface area contributed by atoms with Gasteiger partial charge >= 0.3 is 0 Å². The number of anilines is 2. The Hall–Kier alpha value is -6.32. The monoisotopic (exact) mass is 644 g/mol. The smallest absolute Gasteiger partial charge is 0.145 e. The summed E-state index contributed by atoms with van der Waals surface area (Å²) in [5.74, 6) is 0. The molecular formula is C47H36N2O. The lowest BCUT2D eigenvalue weighted by atomic mass is 9.98. The quantitative estimate of drug-likeness (QED) is 0.186. The van der Waals surface area contributed by atoms with E-state index in [2.05, 4.69) is 180 Å². The van der Waals surface area contributed by atoms with E-state index < -0.39 is 0 Å². The van der Waals surface area contributed by atoms with Gasteiger partial charge in [-0.3, -0.25) is 0 Å². The minimum atomic E-state index is 0.825. The molecule has 0 amide bonds. The normalized spacial score (nSPS) is 16.3. The molecule has 2 aliphatic rings. The van der Waals surface area contributed by atoms with Crippen LogP contribution in [0.4, 0.5) is 11.4 Å². The molecule has 7 aromatic rings. The SMILES string of the molecule is C=C1/C=C\C=C/C/C=C\c2c1c1c3oc4ccccc4c3cc(N(C3=CCCC=C3)c3ccccc3)c1n2-c1ccc(-c2ccccc2)cc1. The molecule has 0 saturated carbocycles. The van der Waals surface area contributed by atoms with Crippen molar-refractivity contribution in [2.75, 3.05) is 4.90 Å². The fourth-order valence-electron chi connectivity index (χ4n) is 7.45. The zero-order valence-corrected chi connectivity index (χ0v) is 27.8. The molecular weight excluding hydrogens is 609 g/mol. The summed E-state index contributed by atoms with van der Waals surface area (Å²) in [6, 6.07) is 40.9. The number of rotatable bonds is 5. The third kappa shape index (κ3) is 5.07. The average molecular weight is 645 g/mol. The summed E-state index contributed by atoms with van der Waals surface area (Å²) in [5.41, 5.74) is 12.7. The third-order valence-electron chi connectivity index (χ3n) is 9.73. The van der Waals surface area contributed by atoms with Gasteiger partial charge in [-0.2, -0.15) is 0 Å². The minimum Gasteiger partial charge on any atom is -0.455 e. The highest BCUT2D eigenvalue weighted by Crippen LogP contribution is 2.49. The van der Waals surface area contributed by atoms with Gasteiger partial charge in [0.2, 0.25) is 0 Å². The summed E-state index contributed by atoms with van der Waals surface area (Å²) in [4.78, 5) is 2.42. The van der Waals surface area contributed by atoms with Crippen LogP contribution in [-0.2, 0) is 0 Å². The van der Waals surface area contributed by atoms with Gasteiger partial charge < -0.3 is 13.9 Å². The number of nitrogens with zero attached hydrogens (tertiary/aromatic N) is 2. The maximum Gasteiger partial charge on any atom is 0.145 e. The number of allylic oxidation sites excluding steroid dienone is 9. The molecule has 0 aliphatic heterocycles. The number of fused-ring (bicyclic) bond motifs is 7. The van der Waals surface area contributed by atoms with Gasteiger partial charge in [0.05, 0.1) is 22.3 Å². The lowest BCUT2D eigenvalue weighted by Gasteiger charge is -2.29. The number of para-hydroxylation sites is 2. The van der Waals surface area contributed by atoms with Crippen molar-refractivity contribution < 1.29 is 4.42 Å². The highest BCUT2D eigenvalue weighted by Gasteiger charge is 2.29. The lowest BCUT2D eigenvalue weighted by molar-refractivity contribution is 0.672. The molecule has 0 unspecified atom stereocenters. The fourth-order valence-corrected chi connectivity index (χ4v) is 7.45. The molecule has 2 heterocycles. The molecule has 5 aromatic carbocycles. The van der Waals surface area contributed by atoms with Crippen molar-refractivity contribution in [2.24, 2.45) is 0 Å². The first-order valence-electron chi connectivity index (χ1n) is 17.4. The van der Waals surface area contributed by atoms with Crippen LogP contribution in [0.25, 0.3) is 61.3 Å². The average Bonchev–Trinajstić information content (AvgIpc) is 3.72. The lowest BCUT2D eigenvalue weighted by Crippen LogP contribution is -2.17. The van der Waals surface area contributed by atoms with E-state index in [4.69, 9.17) is 4.42 Å². The molecule has 0 atom stereocenters. The van der Waals surface area contributed by atoms with Crippen molar-refractivity contribution in [1.29, 1.82) is 0 Å². The molecule has 0 fully saturated rings. The van der Waals surface area contributed by atoms with E-state index in [1.54, 1.807) is 0 Å². The highest BCUT2D eigenvalue weighted by molar-refractivity contribution is 6.23. The standard InChI is InChI=1S/C47H36N2O/c1-33-18-8-3-2-4-15-26-41-44(33)45-46(49(41)38-30-28-35(29-31-38)34-19-9-5-10-20-34)42(32-40-39-25-16-17-27-43(39)50-47(40)45)48(36-21-11-6-12-22-36)37-23-13-7-14-24-37/h2-3,5-6,8-13,15-32H,1,4,7,14H2/b3-2-,18-8-,26-15-. The minimum absolute atomic E-state index is 0.825. The predicted octanol–water partition coefficient (Wildman–Crippen LogP) is 13.1. The number of benzene rings is 5. The summed E-state index contributed by atoms with van der Waals surface area (Å²) in [7, 11) is 0. The Morgan fingerprint density at radius 3 is 2.22 bits per heavy atom. The Morgan fingerprint density at radius 2 is 1.42 bits per heavy atom. The van der Waals surface area contributed by atoms with Gasteiger partial charge in [-0.05, 0) is 84.5 Å². The maximum atomic E-state index is 6.86. The number of hydrogen-bond donors (Lipinski definition) is 0. The van der Waals surface area contributed by atoms with E-state index >= 15 is 0 Å². The molecule has 9 rings (SSSR count). The van der Waals surface area contributed by atoms with Gasteiger partial charge in [-0.1, -0.05) is 128 Å². The Balaban J connectivity index is 1.46. The van der Waals surface area contributed by atoms with Crippen molar-refractivity contribution in [3.63, 3.8) is 0 Å². The van der Waals surface area contributed by atoms with E-state index in [9.17, 15) is 0 Å². The Labute approximate surface area is 292 Å². The fraction of sp³-hybridized carbons (Fsp3) is 0.0638. The van der Waals surface area contributed by atoms with Crippen molar-refractivity contribution in [3.05, 3.63) is 187 Å². The van der Waals surface area contributed by atoms with Crippen LogP contribution < -0.4 is 4.90 Å². The van der Waals surface area contributed by atoms with Crippen molar-refractivity contribution in [1.82, 2.24) is 4.57 Å². The zero-order valence-electron chi connectivity index (χ0n) is 27.8. The Bertz CT molecular complexity index is 2550. The van der Waals surface area contributed by atoms with E-state index in [0.717, 1.165) is 91.7 Å². The second-order valence-electron chi connectivity index (χ2n) is 12.8. The molecule has 3 nitrogen and oxygen atoms in total. The molecule has 2 aliphatic carbocycles. The summed E-state index contributed by atoms with van der Waals surface area (Å²) >= 11 is 0. The first-order chi connectivity index (χ1) is 24.8. The van der Waals surface area contributed by atoms with Gasteiger partial charge in [0, 0.05) is 33.4 Å². The topological polar surface area (TPSA) is 21.3 Å². The highest BCUT2D eigenvalue weighted by atomic mass is 16.3. The van der Waals surface area contributed by atoms with Crippen LogP contribution in [0.15, 0.2) is 181 Å². The molecule has 2 aromatic heterocycles. The first-order valence-corrected chi connectivity index (χ1v) is 17.4. The van der Waals surface area contributed by atoms with Gasteiger partial charge in [-0.15, -0.1) is 0 Å². The number of furan rings is 1. The van der Waals surface area contributed by atoms with E-state index in [-0.39, 0.29) is 0 Å². The molecule has 240 valence electrons. The van der Waals surface area contributed by atoms with Crippen molar-refractivity contribution in [3.8, 4) is 16.8 Å². The zero-order chi connectivity index (χ0) is 33.4. The van der Waals surface area contributed by atoms with Gasteiger partial charge in [0.1, 0.15) is 11.2 Å². The van der Waals surface area contributed by atoms with Crippen LogP contribution in [0.5, 0.6) is 0 Å². The van der Waals surface area contributed by atoms with Crippen molar-refractivity contribution >= 4 is 55.9 Å². The Morgan fingerprint density at radius 1 is 0.660 bits per heavy atom. The summed E-state index contributed by atoms with van der Waals surface area (Å²) in [6.07, 6.45) is 22.8.